The van der Waals surface area contributed by atoms with Gasteiger partial charge in [-0.25, -0.2) is 4.79 Å². The lowest BCUT2D eigenvalue weighted by Gasteiger charge is -2.06. The number of aromatic nitrogens is 1. The zero-order chi connectivity index (χ0) is 15.5. The topological polar surface area (TPSA) is 82.3 Å². The summed E-state index contributed by atoms with van der Waals surface area (Å²) in [5, 5.41) is 11.3. The SMILES string of the molecule is O=C(Oc1ccc([N+](=O)[O-])cc1)c1cccc2ncccc12. The number of hydrogen-bond acceptors (Lipinski definition) is 5. The van der Waals surface area contributed by atoms with E-state index in [1.807, 2.05) is 0 Å². The lowest BCUT2D eigenvalue weighted by molar-refractivity contribution is -0.384. The van der Waals surface area contributed by atoms with E-state index in [1.165, 1.54) is 24.3 Å². The van der Waals surface area contributed by atoms with Gasteiger partial charge in [0.15, 0.2) is 0 Å². The molecule has 0 saturated heterocycles. The summed E-state index contributed by atoms with van der Waals surface area (Å²) < 4.78 is 5.25. The van der Waals surface area contributed by atoms with Crippen LogP contribution in [-0.4, -0.2) is 15.9 Å². The van der Waals surface area contributed by atoms with Gasteiger partial charge in [-0.3, -0.25) is 15.1 Å². The van der Waals surface area contributed by atoms with E-state index in [1.54, 1.807) is 36.5 Å². The molecule has 0 bridgehead atoms. The fraction of sp³-hybridized carbons (Fsp3) is 0. The minimum absolute atomic E-state index is 0.0610. The summed E-state index contributed by atoms with van der Waals surface area (Å²) in [5.41, 5.74) is 1.03. The molecule has 6 heteroatoms. The van der Waals surface area contributed by atoms with Crippen molar-refractivity contribution < 1.29 is 14.5 Å². The second-order valence-corrected chi connectivity index (χ2v) is 4.52. The Hall–Kier alpha value is -3.28. The molecule has 0 unspecified atom stereocenters. The monoisotopic (exact) mass is 294 g/mol. The number of benzene rings is 2. The molecule has 22 heavy (non-hydrogen) atoms. The van der Waals surface area contributed by atoms with Gasteiger partial charge >= 0.3 is 5.97 Å². The molecule has 0 atom stereocenters. The molecule has 0 N–H and O–H groups in total. The second kappa shape index (κ2) is 5.61. The van der Waals surface area contributed by atoms with Crippen molar-refractivity contribution in [1.29, 1.82) is 0 Å². The van der Waals surface area contributed by atoms with E-state index < -0.39 is 10.9 Å². The normalized spacial score (nSPS) is 10.4. The van der Waals surface area contributed by atoms with E-state index in [9.17, 15) is 14.9 Å². The molecular formula is C16H10N2O4. The molecule has 0 saturated carbocycles. The van der Waals surface area contributed by atoms with Crippen LogP contribution in [0, 0.1) is 10.1 Å². The van der Waals surface area contributed by atoms with Gasteiger partial charge in [0.2, 0.25) is 0 Å². The fourth-order valence-electron chi connectivity index (χ4n) is 2.08. The first kappa shape index (κ1) is 13.7. The summed E-state index contributed by atoms with van der Waals surface area (Å²) in [6.07, 6.45) is 1.65. The van der Waals surface area contributed by atoms with Gasteiger partial charge in [0.1, 0.15) is 5.75 Å². The maximum atomic E-state index is 12.3. The molecule has 2 aromatic carbocycles. The Morgan fingerprint density at radius 1 is 1.05 bits per heavy atom. The lowest BCUT2D eigenvalue weighted by Crippen LogP contribution is -2.09. The molecule has 0 aliphatic heterocycles. The Morgan fingerprint density at radius 3 is 2.55 bits per heavy atom. The standard InChI is InChI=1S/C16H10N2O4/c19-16(22-12-8-6-11(7-9-12)18(20)21)14-3-1-5-15-13(14)4-2-10-17-15/h1-10H. The maximum Gasteiger partial charge on any atom is 0.344 e. The van der Waals surface area contributed by atoms with Gasteiger partial charge in [0, 0.05) is 23.7 Å². The third kappa shape index (κ3) is 2.62. The maximum absolute atomic E-state index is 12.3. The second-order valence-electron chi connectivity index (χ2n) is 4.52. The minimum Gasteiger partial charge on any atom is -0.423 e. The van der Waals surface area contributed by atoms with Gasteiger partial charge in [0.25, 0.3) is 5.69 Å². The number of carbonyl (C=O) groups excluding carboxylic acids is 1. The molecule has 1 heterocycles. The van der Waals surface area contributed by atoms with Crippen molar-refractivity contribution >= 4 is 22.6 Å². The largest absolute Gasteiger partial charge is 0.423 e. The highest BCUT2D eigenvalue weighted by Gasteiger charge is 2.13. The van der Waals surface area contributed by atoms with Crippen LogP contribution in [0.1, 0.15) is 10.4 Å². The summed E-state index contributed by atoms with van der Waals surface area (Å²) in [5.74, 6) is -0.288. The number of ether oxygens (including phenoxy) is 1. The summed E-state index contributed by atoms with van der Waals surface area (Å²) in [7, 11) is 0. The predicted octanol–water partition coefficient (Wildman–Crippen LogP) is 3.36. The van der Waals surface area contributed by atoms with Crippen LogP contribution in [0.4, 0.5) is 5.69 Å². The first-order valence-corrected chi connectivity index (χ1v) is 6.45. The van der Waals surface area contributed by atoms with Crippen LogP contribution < -0.4 is 4.74 Å². The smallest absolute Gasteiger partial charge is 0.344 e. The van der Waals surface area contributed by atoms with Crippen LogP contribution in [0.25, 0.3) is 10.9 Å². The van der Waals surface area contributed by atoms with E-state index in [0.29, 0.717) is 16.5 Å². The Balaban J connectivity index is 1.89. The first-order valence-electron chi connectivity index (χ1n) is 6.45. The molecule has 3 rings (SSSR count). The van der Waals surface area contributed by atoms with Crippen LogP contribution in [-0.2, 0) is 0 Å². The van der Waals surface area contributed by atoms with Crippen LogP contribution in [0.3, 0.4) is 0 Å². The van der Waals surface area contributed by atoms with Gasteiger partial charge in [-0.1, -0.05) is 12.1 Å². The number of nitrogens with zero attached hydrogens (tertiary/aromatic N) is 2. The van der Waals surface area contributed by atoms with Crippen LogP contribution in [0.15, 0.2) is 60.8 Å². The van der Waals surface area contributed by atoms with Gasteiger partial charge in [0.05, 0.1) is 16.0 Å². The van der Waals surface area contributed by atoms with Gasteiger partial charge < -0.3 is 4.74 Å². The number of carbonyl (C=O) groups is 1. The molecule has 0 aliphatic rings. The highest BCUT2D eigenvalue weighted by Crippen LogP contribution is 2.21. The molecule has 0 spiro atoms. The van der Waals surface area contributed by atoms with Crippen LogP contribution in [0.5, 0.6) is 5.75 Å². The highest BCUT2D eigenvalue weighted by molar-refractivity contribution is 6.04. The quantitative estimate of drug-likeness (QED) is 0.320. The zero-order valence-corrected chi connectivity index (χ0v) is 11.3. The van der Waals surface area contributed by atoms with Crippen molar-refractivity contribution in [1.82, 2.24) is 4.98 Å². The van der Waals surface area contributed by atoms with Crippen molar-refractivity contribution in [3.05, 3.63) is 76.5 Å². The third-order valence-electron chi connectivity index (χ3n) is 3.12. The molecule has 0 amide bonds. The van der Waals surface area contributed by atoms with Crippen LogP contribution >= 0.6 is 0 Å². The molecular weight excluding hydrogens is 284 g/mol. The van der Waals surface area contributed by atoms with E-state index in [4.69, 9.17) is 4.74 Å². The van der Waals surface area contributed by atoms with E-state index in [0.717, 1.165) is 0 Å². The molecule has 108 valence electrons. The average Bonchev–Trinajstić information content (AvgIpc) is 2.54. The number of fused-ring (bicyclic) bond motifs is 1. The Morgan fingerprint density at radius 2 is 1.82 bits per heavy atom. The summed E-state index contributed by atoms with van der Waals surface area (Å²) in [4.78, 5) is 26.5. The van der Waals surface area contributed by atoms with Crippen molar-refractivity contribution in [2.24, 2.45) is 0 Å². The van der Waals surface area contributed by atoms with Crippen molar-refractivity contribution in [3.63, 3.8) is 0 Å². The molecule has 0 aliphatic carbocycles. The predicted molar refractivity (Wildman–Crippen MR) is 79.8 cm³/mol. The molecule has 3 aromatic rings. The fourth-order valence-corrected chi connectivity index (χ4v) is 2.08. The van der Waals surface area contributed by atoms with Gasteiger partial charge in [-0.15, -0.1) is 0 Å². The summed E-state index contributed by atoms with van der Waals surface area (Å²) >= 11 is 0. The van der Waals surface area contributed by atoms with E-state index in [-0.39, 0.29) is 11.4 Å². The Bertz CT molecular complexity index is 854. The number of hydrogen-bond donors (Lipinski definition) is 0. The highest BCUT2D eigenvalue weighted by atomic mass is 16.6. The average molecular weight is 294 g/mol. The third-order valence-corrected chi connectivity index (χ3v) is 3.12. The summed E-state index contributed by atoms with van der Waals surface area (Å²) in [6, 6.07) is 14.1. The Labute approximate surface area is 125 Å². The minimum atomic E-state index is -0.535. The molecule has 0 fully saturated rings. The zero-order valence-electron chi connectivity index (χ0n) is 11.3. The number of non-ortho nitro benzene ring substituents is 1. The van der Waals surface area contributed by atoms with Crippen molar-refractivity contribution in [3.8, 4) is 5.75 Å². The van der Waals surface area contributed by atoms with E-state index in [2.05, 4.69) is 4.98 Å². The molecule has 1 aromatic heterocycles. The summed E-state index contributed by atoms with van der Waals surface area (Å²) in [6.45, 7) is 0. The number of esters is 1. The lowest BCUT2D eigenvalue weighted by atomic mass is 10.1. The van der Waals surface area contributed by atoms with E-state index >= 15 is 0 Å². The van der Waals surface area contributed by atoms with Crippen molar-refractivity contribution in [2.75, 3.05) is 0 Å². The molecule has 0 radical (unpaired) electrons. The first-order chi connectivity index (χ1) is 10.6. The number of rotatable bonds is 3. The van der Waals surface area contributed by atoms with Gasteiger partial charge in [-0.2, -0.15) is 0 Å². The van der Waals surface area contributed by atoms with Crippen LogP contribution in [0.2, 0.25) is 0 Å². The number of nitro benzene ring substituents is 1. The number of pyridine rings is 1. The Kier molecular flexibility index (Phi) is 3.49. The van der Waals surface area contributed by atoms with Crippen molar-refractivity contribution in [2.45, 2.75) is 0 Å². The molecule has 6 nitrogen and oxygen atoms in total. The number of nitro groups is 1. The van der Waals surface area contributed by atoms with Gasteiger partial charge in [-0.05, 0) is 30.3 Å².